The molecule has 1 heterocycles. The summed E-state index contributed by atoms with van der Waals surface area (Å²) in [6.45, 7) is 2.98. The summed E-state index contributed by atoms with van der Waals surface area (Å²) in [5.41, 5.74) is 8.15. The largest absolute Gasteiger partial charge is 0.497 e. The van der Waals surface area contributed by atoms with Crippen LogP contribution in [0.2, 0.25) is 0 Å². The van der Waals surface area contributed by atoms with Gasteiger partial charge in [-0.25, -0.2) is 4.98 Å². The predicted molar refractivity (Wildman–Crippen MR) is 113 cm³/mol. The third-order valence-electron chi connectivity index (χ3n) is 4.57. The summed E-state index contributed by atoms with van der Waals surface area (Å²) in [4.78, 5) is 17.8. The number of nitrogens with zero attached hydrogens (tertiary/aromatic N) is 2. The molecule has 0 spiro atoms. The summed E-state index contributed by atoms with van der Waals surface area (Å²) < 4.78 is 12.4. The van der Waals surface area contributed by atoms with Gasteiger partial charge in [0.1, 0.15) is 17.3 Å². The van der Waals surface area contributed by atoms with Crippen molar-refractivity contribution in [3.63, 3.8) is 0 Å². The highest BCUT2D eigenvalue weighted by Crippen LogP contribution is 2.25. The Morgan fingerprint density at radius 1 is 1.11 bits per heavy atom. The van der Waals surface area contributed by atoms with E-state index in [9.17, 15) is 4.79 Å². The molecule has 6 heteroatoms. The Morgan fingerprint density at radius 3 is 2.64 bits per heavy atom. The SMILES string of the molecule is COc1ccc(OC)c(/C=C/c2nc3ccc(C)cc3c(=O)n2CCCN)c1. The second kappa shape index (κ2) is 8.71. The van der Waals surface area contributed by atoms with E-state index in [1.807, 2.05) is 55.5 Å². The second-order valence-electron chi connectivity index (χ2n) is 6.53. The van der Waals surface area contributed by atoms with Gasteiger partial charge in [0.25, 0.3) is 5.56 Å². The molecular formula is C22H25N3O3. The lowest BCUT2D eigenvalue weighted by Gasteiger charge is -2.12. The van der Waals surface area contributed by atoms with Gasteiger partial charge in [-0.15, -0.1) is 0 Å². The van der Waals surface area contributed by atoms with E-state index < -0.39 is 0 Å². The normalized spacial score (nSPS) is 11.3. The number of fused-ring (bicyclic) bond motifs is 1. The van der Waals surface area contributed by atoms with E-state index >= 15 is 0 Å². The molecule has 0 radical (unpaired) electrons. The van der Waals surface area contributed by atoms with Crippen molar-refractivity contribution in [2.45, 2.75) is 19.9 Å². The molecule has 1 aromatic heterocycles. The molecule has 0 amide bonds. The van der Waals surface area contributed by atoms with Crippen LogP contribution in [0.15, 0.2) is 41.2 Å². The van der Waals surface area contributed by atoms with Gasteiger partial charge < -0.3 is 15.2 Å². The molecule has 2 N–H and O–H groups in total. The van der Waals surface area contributed by atoms with Gasteiger partial charge >= 0.3 is 0 Å². The van der Waals surface area contributed by atoms with Gasteiger partial charge in [0.2, 0.25) is 0 Å². The number of rotatable bonds is 7. The maximum atomic E-state index is 13.0. The van der Waals surface area contributed by atoms with E-state index in [1.54, 1.807) is 18.8 Å². The molecule has 146 valence electrons. The van der Waals surface area contributed by atoms with Gasteiger partial charge in [-0.3, -0.25) is 9.36 Å². The van der Waals surface area contributed by atoms with Crippen molar-refractivity contribution >= 4 is 23.1 Å². The Hall–Kier alpha value is -3.12. The monoisotopic (exact) mass is 379 g/mol. The predicted octanol–water partition coefficient (Wildman–Crippen LogP) is 3.24. The Labute approximate surface area is 164 Å². The lowest BCUT2D eigenvalue weighted by molar-refractivity contribution is 0.402. The van der Waals surface area contributed by atoms with Crippen LogP contribution >= 0.6 is 0 Å². The second-order valence-corrected chi connectivity index (χ2v) is 6.53. The number of benzene rings is 2. The molecule has 28 heavy (non-hydrogen) atoms. The van der Waals surface area contributed by atoms with Crippen molar-refractivity contribution in [2.24, 2.45) is 5.73 Å². The molecule has 6 nitrogen and oxygen atoms in total. The molecule has 0 saturated heterocycles. The smallest absolute Gasteiger partial charge is 0.261 e. The third kappa shape index (κ3) is 4.07. The highest BCUT2D eigenvalue weighted by molar-refractivity contribution is 5.80. The van der Waals surface area contributed by atoms with Crippen LogP contribution in [0.3, 0.4) is 0 Å². The number of aromatic nitrogens is 2. The van der Waals surface area contributed by atoms with Crippen LogP contribution in [0.25, 0.3) is 23.1 Å². The molecular weight excluding hydrogens is 354 g/mol. The minimum Gasteiger partial charge on any atom is -0.497 e. The summed E-state index contributed by atoms with van der Waals surface area (Å²) in [5, 5.41) is 0.619. The van der Waals surface area contributed by atoms with Crippen molar-refractivity contribution in [1.29, 1.82) is 0 Å². The van der Waals surface area contributed by atoms with Crippen LogP contribution in [0.5, 0.6) is 11.5 Å². The first-order valence-corrected chi connectivity index (χ1v) is 9.18. The van der Waals surface area contributed by atoms with Crippen molar-refractivity contribution in [1.82, 2.24) is 9.55 Å². The average molecular weight is 379 g/mol. The van der Waals surface area contributed by atoms with Gasteiger partial charge in [-0.1, -0.05) is 11.6 Å². The molecule has 3 aromatic rings. The first kappa shape index (κ1) is 19.6. The van der Waals surface area contributed by atoms with Crippen LogP contribution < -0.4 is 20.8 Å². The van der Waals surface area contributed by atoms with E-state index in [0.29, 0.717) is 42.0 Å². The Morgan fingerprint density at radius 2 is 1.93 bits per heavy atom. The fraction of sp³-hybridized carbons (Fsp3) is 0.273. The van der Waals surface area contributed by atoms with Gasteiger partial charge in [-0.05, 0) is 62.4 Å². The molecule has 0 fully saturated rings. The molecule has 0 bridgehead atoms. The van der Waals surface area contributed by atoms with Crippen LogP contribution in [-0.4, -0.2) is 30.3 Å². The topological polar surface area (TPSA) is 79.4 Å². The number of methoxy groups -OCH3 is 2. The fourth-order valence-corrected chi connectivity index (χ4v) is 3.08. The van der Waals surface area contributed by atoms with Crippen molar-refractivity contribution in [2.75, 3.05) is 20.8 Å². The molecule has 0 unspecified atom stereocenters. The third-order valence-corrected chi connectivity index (χ3v) is 4.57. The summed E-state index contributed by atoms with van der Waals surface area (Å²) in [6.07, 6.45) is 4.40. The number of hydrogen-bond donors (Lipinski definition) is 1. The van der Waals surface area contributed by atoms with E-state index in [-0.39, 0.29) is 5.56 Å². The first-order valence-electron chi connectivity index (χ1n) is 9.18. The van der Waals surface area contributed by atoms with Gasteiger partial charge in [0.05, 0.1) is 25.1 Å². The maximum absolute atomic E-state index is 13.0. The fourth-order valence-electron chi connectivity index (χ4n) is 3.08. The van der Waals surface area contributed by atoms with Gasteiger partial charge in [0.15, 0.2) is 0 Å². The minimum atomic E-state index is -0.0561. The van der Waals surface area contributed by atoms with E-state index in [0.717, 1.165) is 16.9 Å². The Bertz CT molecular complexity index is 1070. The standard InChI is InChI=1S/C22H25N3O3/c1-15-5-8-19-18(13-15)22(26)25(12-4-11-23)21(24-19)10-6-16-14-17(27-2)7-9-20(16)28-3/h5-10,13-14H,4,11-12,23H2,1-3H3/b10-6+. The summed E-state index contributed by atoms with van der Waals surface area (Å²) in [7, 11) is 3.24. The quantitative estimate of drug-likeness (QED) is 0.682. The molecule has 0 atom stereocenters. The summed E-state index contributed by atoms with van der Waals surface area (Å²) in [6, 6.07) is 11.3. The lowest BCUT2D eigenvalue weighted by Crippen LogP contribution is -2.25. The van der Waals surface area contributed by atoms with Crippen molar-refractivity contribution in [3.8, 4) is 11.5 Å². The zero-order valence-corrected chi connectivity index (χ0v) is 16.4. The molecule has 0 aliphatic rings. The summed E-state index contributed by atoms with van der Waals surface area (Å²) in [5.74, 6) is 2.02. The lowest BCUT2D eigenvalue weighted by atomic mass is 10.1. The van der Waals surface area contributed by atoms with Gasteiger partial charge in [0, 0.05) is 12.1 Å². The Balaban J connectivity index is 2.12. The summed E-state index contributed by atoms with van der Waals surface area (Å²) >= 11 is 0. The Kier molecular flexibility index (Phi) is 6.11. The van der Waals surface area contributed by atoms with Crippen molar-refractivity contribution < 1.29 is 9.47 Å². The van der Waals surface area contributed by atoms with Gasteiger partial charge in [-0.2, -0.15) is 0 Å². The average Bonchev–Trinajstić information content (AvgIpc) is 2.72. The van der Waals surface area contributed by atoms with E-state index in [1.165, 1.54) is 0 Å². The highest BCUT2D eigenvalue weighted by atomic mass is 16.5. The number of nitrogens with two attached hydrogens (primary N) is 1. The van der Waals surface area contributed by atoms with E-state index in [4.69, 9.17) is 20.2 Å². The van der Waals surface area contributed by atoms with Crippen LogP contribution in [0.4, 0.5) is 0 Å². The van der Waals surface area contributed by atoms with Crippen LogP contribution in [0, 0.1) is 6.92 Å². The van der Waals surface area contributed by atoms with Crippen molar-refractivity contribution in [3.05, 3.63) is 63.7 Å². The highest BCUT2D eigenvalue weighted by Gasteiger charge is 2.10. The molecule has 0 aliphatic heterocycles. The molecule has 0 saturated carbocycles. The number of ether oxygens (including phenoxy) is 2. The first-order chi connectivity index (χ1) is 13.6. The number of hydrogen-bond acceptors (Lipinski definition) is 5. The van der Waals surface area contributed by atoms with Crippen LogP contribution in [-0.2, 0) is 6.54 Å². The zero-order valence-electron chi connectivity index (χ0n) is 16.4. The zero-order chi connectivity index (χ0) is 20.1. The molecule has 0 aliphatic carbocycles. The van der Waals surface area contributed by atoms with Crippen LogP contribution in [0.1, 0.15) is 23.4 Å². The molecule has 2 aromatic carbocycles. The van der Waals surface area contributed by atoms with E-state index in [2.05, 4.69) is 0 Å². The minimum absolute atomic E-state index is 0.0561. The number of aryl methyl sites for hydroxylation is 1. The molecule has 3 rings (SSSR count). The maximum Gasteiger partial charge on any atom is 0.261 e.